The van der Waals surface area contributed by atoms with Gasteiger partial charge in [-0.3, -0.25) is 4.79 Å². The molecule has 0 aliphatic heterocycles. The van der Waals surface area contributed by atoms with Gasteiger partial charge in [0.15, 0.2) is 17.3 Å². The maximum atomic E-state index is 14.1. The number of rotatable bonds is 6. The van der Waals surface area contributed by atoms with E-state index in [2.05, 4.69) is 31.9 Å². The first kappa shape index (κ1) is 26.0. The molecule has 0 bridgehead atoms. The first-order valence-electron chi connectivity index (χ1n) is 13.2. The third kappa shape index (κ3) is 5.42. The zero-order valence-electron chi connectivity index (χ0n) is 22.3. The quantitative estimate of drug-likeness (QED) is 0.157. The summed E-state index contributed by atoms with van der Waals surface area (Å²) in [6, 6.07) is 41.4. The van der Waals surface area contributed by atoms with Gasteiger partial charge in [0, 0.05) is 16.7 Å². The molecule has 1 aromatic heterocycles. The average molecular weight is 540 g/mol. The Morgan fingerprint density at radius 2 is 1.10 bits per heavy atom. The summed E-state index contributed by atoms with van der Waals surface area (Å²) in [6.07, 6.45) is 0. The summed E-state index contributed by atoms with van der Waals surface area (Å²) >= 11 is 0. The largest absolute Gasteiger partial charge is 0.285 e. The molecule has 0 aliphatic carbocycles. The van der Waals surface area contributed by atoms with Crippen molar-refractivity contribution in [1.82, 2.24) is 15.0 Å². The van der Waals surface area contributed by atoms with Gasteiger partial charge in [-0.15, -0.1) is 0 Å². The molecule has 6 rings (SSSR count). The second-order valence-corrected chi connectivity index (χ2v) is 9.51. The Bertz CT molecular complexity index is 1860. The fraction of sp³-hybridized carbons (Fsp3) is 0. The van der Waals surface area contributed by atoms with Gasteiger partial charge in [0.2, 0.25) is 11.6 Å². The monoisotopic (exact) mass is 539 g/mol. The highest BCUT2D eigenvalue weighted by Gasteiger charge is 2.20. The van der Waals surface area contributed by atoms with E-state index in [0.717, 1.165) is 22.3 Å². The van der Waals surface area contributed by atoms with E-state index >= 15 is 0 Å². The molecule has 6 aromatic rings. The van der Waals surface area contributed by atoms with Gasteiger partial charge in [-0.25, -0.2) is 19.8 Å². The zero-order valence-corrected chi connectivity index (χ0v) is 22.3. The Morgan fingerprint density at radius 1 is 0.595 bits per heavy atom. The fourth-order valence-corrected chi connectivity index (χ4v) is 4.60. The summed E-state index contributed by atoms with van der Waals surface area (Å²) in [6.45, 7) is 7.26. The van der Waals surface area contributed by atoms with Gasteiger partial charge in [-0.2, -0.15) is 5.26 Å². The average Bonchev–Trinajstić information content (AvgIpc) is 3.08. The molecule has 0 saturated carbocycles. The minimum Gasteiger partial charge on any atom is -0.285 e. The molecule has 0 saturated heterocycles. The second-order valence-electron chi connectivity index (χ2n) is 9.51. The Labute approximate surface area is 243 Å². The SMILES string of the molecule is [C-]#[N+]c1ccc(-c2nc(C(=O)c3cc(-c4ccccc4)cc(-c4ccccc4)c3)nc(-c3ccc(C#N)cc3)n2)cc1. The van der Waals surface area contributed by atoms with Gasteiger partial charge in [0.05, 0.1) is 18.2 Å². The predicted molar refractivity (Wildman–Crippen MR) is 162 cm³/mol. The highest BCUT2D eigenvalue weighted by Crippen LogP contribution is 2.30. The summed E-state index contributed by atoms with van der Waals surface area (Å²) < 4.78 is 0. The predicted octanol–water partition coefficient (Wildman–Crippen LogP) is 8.19. The van der Waals surface area contributed by atoms with Crippen LogP contribution in [0.15, 0.2) is 127 Å². The van der Waals surface area contributed by atoms with Crippen LogP contribution >= 0.6 is 0 Å². The molecule has 5 aromatic carbocycles. The summed E-state index contributed by atoms with van der Waals surface area (Å²) in [5.41, 5.74) is 6.50. The lowest BCUT2D eigenvalue weighted by Gasteiger charge is -2.11. The third-order valence-electron chi connectivity index (χ3n) is 6.77. The van der Waals surface area contributed by atoms with E-state index in [1.165, 1.54) is 0 Å². The molecule has 0 amide bonds. The molecule has 0 unspecified atom stereocenters. The molecular weight excluding hydrogens is 518 g/mol. The Hall–Kier alpha value is -6.24. The molecule has 1 heterocycles. The van der Waals surface area contributed by atoms with E-state index in [0.29, 0.717) is 39.6 Å². The fourth-order valence-electron chi connectivity index (χ4n) is 4.60. The van der Waals surface area contributed by atoms with Gasteiger partial charge in [-0.05, 0) is 64.7 Å². The Morgan fingerprint density at radius 3 is 1.57 bits per heavy atom. The van der Waals surface area contributed by atoms with E-state index in [4.69, 9.17) is 6.57 Å². The maximum Gasteiger partial charge on any atom is 0.230 e. The van der Waals surface area contributed by atoms with Crippen LogP contribution in [0.5, 0.6) is 0 Å². The molecule has 0 radical (unpaired) electrons. The van der Waals surface area contributed by atoms with Gasteiger partial charge < -0.3 is 0 Å². The zero-order chi connectivity index (χ0) is 28.9. The lowest BCUT2D eigenvalue weighted by atomic mass is 9.94. The van der Waals surface area contributed by atoms with Crippen molar-refractivity contribution in [3.05, 3.63) is 156 Å². The number of nitrogens with zero attached hydrogens (tertiary/aromatic N) is 5. The van der Waals surface area contributed by atoms with Crippen molar-refractivity contribution < 1.29 is 4.79 Å². The van der Waals surface area contributed by atoms with Crippen LogP contribution in [0, 0.1) is 17.9 Å². The molecule has 0 aliphatic rings. The standard InChI is InChI=1S/C36H21N5O/c1-38-32-18-16-28(17-19-32)35-39-34(27-14-12-24(23-37)13-15-27)40-36(41-35)33(42)31-21-29(25-8-4-2-5-9-25)20-30(22-31)26-10-6-3-7-11-26/h2-22H. The molecule has 42 heavy (non-hydrogen) atoms. The Balaban J connectivity index is 1.51. The second kappa shape index (κ2) is 11.5. The van der Waals surface area contributed by atoms with Crippen LogP contribution in [0.25, 0.3) is 49.9 Å². The van der Waals surface area contributed by atoms with Crippen molar-refractivity contribution in [2.75, 3.05) is 0 Å². The number of aromatic nitrogens is 3. The molecular formula is C36H21N5O. The molecule has 6 nitrogen and oxygen atoms in total. The number of nitriles is 1. The maximum absolute atomic E-state index is 14.1. The van der Waals surface area contributed by atoms with Gasteiger partial charge in [0.1, 0.15) is 0 Å². The van der Waals surface area contributed by atoms with Crippen molar-refractivity contribution >= 4 is 11.5 Å². The number of carbonyl (C=O) groups excluding carboxylic acids is 1. The minimum atomic E-state index is -0.346. The molecule has 0 fully saturated rings. The van der Waals surface area contributed by atoms with Crippen LogP contribution in [-0.2, 0) is 0 Å². The lowest BCUT2D eigenvalue weighted by molar-refractivity contribution is 0.102. The van der Waals surface area contributed by atoms with E-state index in [1.54, 1.807) is 48.5 Å². The third-order valence-corrected chi connectivity index (χ3v) is 6.77. The van der Waals surface area contributed by atoms with E-state index in [-0.39, 0.29) is 11.6 Å². The van der Waals surface area contributed by atoms with E-state index < -0.39 is 0 Å². The molecule has 6 heteroatoms. The summed E-state index contributed by atoms with van der Waals surface area (Å²) in [5.74, 6) is 0.274. The Kier molecular flexibility index (Phi) is 7.10. The number of hydrogen-bond acceptors (Lipinski definition) is 5. The highest BCUT2D eigenvalue weighted by atomic mass is 16.1. The summed E-state index contributed by atoms with van der Waals surface area (Å²) in [5, 5.41) is 9.23. The van der Waals surface area contributed by atoms with Crippen molar-refractivity contribution in [1.29, 1.82) is 5.26 Å². The van der Waals surface area contributed by atoms with Gasteiger partial charge in [0.25, 0.3) is 0 Å². The van der Waals surface area contributed by atoms with Crippen LogP contribution in [0.2, 0.25) is 0 Å². The van der Waals surface area contributed by atoms with Crippen molar-refractivity contribution in [2.45, 2.75) is 0 Å². The number of carbonyl (C=O) groups is 1. The minimum absolute atomic E-state index is 0.00200. The van der Waals surface area contributed by atoms with Crippen LogP contribution in [0.1, 0.15) is 21.7 Å². The van der Waals surface area contributed by atoms with Crippen LogP contribution < -0.4 is 0 Å². The van der Waals surface area contributed by atoms with Crippen molar-refractivity contribution in [2.24, 2.45) is 0 Å². The van der Waals surface area contributed by atoms with Crippen LogP contribution in [0.4, 0.5) is 5.69 Å². The van der Waals surface area contributed by atoms with Gasteiger partial charge >= 0.3 is 0 Å². The van der Waals surface area contributed by atoms with Crippen molar-refractivity contribution in [3.8, 4) is 51.1 Å². The van der Waals surface area contributed by atoms with Gasteiger partial charge in [-0.1, -0.05) is 84.9 Å². The van der Waals surface area contributed by atoms with Crippen molar-refractivity contribution in [3.63, 3.8) is 0 Å². The van der Waals surface area contributed by atoms with Crippen LogP contribution in [-0.4, -0.2) is 20.7 Å². The lowest BCUT2D eigenvalue weighted by Crippen LogP contribution is -2.11. The van der Waals surface area contributed by atoms with E-state index in [9.17, 15) is 10.1 Å². The highest BCUT2D eigenvalue weighted by molar-refractivity contribution is 6.08. The number of ketones is 1. The smallest absolute Gasteiger partial charge is 0.230 e. The number of hydrogen-bond donors (Lipinski definition) is 0. The molecule has 0 spiro atoms. The molecule has 0 N–H and O–H groups in total. The first-order chi connectivity index (χ1) is 20.6. The normalized spacial score (nSPS) is 10.4. The summed E-state index contributed by atoms with van der Waals surface area (Å²) in [4.78, 5) is 31.5. The van der Waals surface area contributed by atoms with Crippen LogP contribution in [0.3, 0.4) is 0 Å². The topological polar surface area (TPSA) is 83.9 Å². The number of benzene rings is 5. The molecule has 0 atom stereocenters. The molecule has 196 valence electrons. The van der Waals surface area contributed by atoms with E-state index in [1.807, 2.05) is 72.8 Å². The first-order valence-corrected chi connectivity index (χ1v) is 13.2. The summed E-state index contributed by atoms with van der Waals surface area (Å²) in [7, 11) is 0.